The highest BCUT2D eigenvalue weighted by molar-refractivity contribution is 4.93. The smallest absolute Gasteiger partial charge is 0.0698 e. The minimum absolute atomic E-state index is 0.391. The molecule has 0 aromatic carbocycles. The van der Waals surface area contributed by atoms with E-state index in [1.807, 2.05) is 6.92 Å². The molecule has 2 rings (SSSR count). The summed E-state index contributed by atoms with van der Waals surface area (Å²) in [5, 5.41) is 10.3. The summed E-state index contributed by atoms with van der Waals surface area (Å²) >= 11 is 0. The van der Waals surface area contributed by atoms with E-state index in [1.165, 1.54) is 19.3 Å². The van der Waals surface area contributed by atoms with Gasteiger partial charge in [-0.15, -0.1) is 0 Å². The Hall–Kier alpha value is -0.0800. The number of hydrogen-bond donors (Lipinski definition) is 1. The van der Waals surface area contributed by atoms with Crippen molar-refractivity contribution in [2.24, 2.45) is 11.8 Å². The predicted octanol–water partition coefficient (Wildman–Crippen LogP) is 1.57. The van der Waals surface area contributed by atoms with Gasteiger partial charge < -0.3 is 9.84 Å². The van der Waals surface area contributed by atoms with Crippen molar-refractivity contribution in [3.8, 4) is 0 Å². The molecule has 2 fully saturated rings. The van der Waals surface area contributed by atoms with E-state index in [4.69, 9.17) is 4.74 Å². The van der Waals surface area contributed by atoms with E-state index < -0.39 is 5.60 Å². The molecule has 2 atom stereocenters. The van der Waals surface area contributed by atoms with Gasteiger partial charge in [-0.3, -0.25) is 0 Å². The summed E-state index contributed by atoms with van der Waals surface area (Å²) in [7, 11) is 0. The minimum Gasteiger partial charge on any atom is -0.390 e. The Bertz CT molecular complexity index is 155. The van der Waals surface area contributed by atoms with Crippen LogP contribution in [0.3, 0.4) is 0 Å². The average Bonchev–Trinajstić information content (AvgIpc) is 2.30. The van der Waals surface area contributed by atoms with Gasteiger partial charge >= 0.3 is 0 Å². The van der Waals surface area contributed by atoms with E-state index in [1.54, 1.807) is 0 Å². The predicted molar refractivity (Wildman–Crippen MR) is 46.9 cm³/mol. The first kappa shape index (κ1) is 8.52. The Balaban J connectivity index is 1.97. The molecule has 1 saturated carbocycles. The van der Waals surface area contributed by atoms with Crippen molar-refractivity contribution in [1.82, 2.24) is 0 Å². The van der Waals surface area contributed by atoms with Crippen molar-refractivity contribution >= 4 is 0 Å². The lowest BCUT2D eigenvalue weighted by Gasteiger charge is -2.42. The average molecular weight is 170 g/mol. The number of rotatable bonds is 2. The van der Waals surface area contributed by atoms with Gasteiger partial charge in [0.25, 0.3) is 0 Å². The molecule has 0 spiro atoms. The van der Waals surface area contributed by atoms with Gasteiger partial charge in [-0.1, -0.05) is 6.42 Å². The van der Waals surface area contributed by atoms with Crippen LogP contribution < -0.4 is 0 Å². The number of ether oxygens (including phenoxy) is 1. The zero-order chi connectivity index (χ0) is 8.60. The number of aliphatic hydroxyl groups is 1. The SMILES string of the molecule is CC(O)(C1CCC1)C1CCOC1. The maximum Gasteiger partial charge on any atom is 0.0698 e. The molecule has 2 unspecified atom stereocenters. The zero-order valence-electron chi connectivity index (χ0n) is 7.75. The summed E-state index contributed by atoms with van der Waals surface area (Å²) < 4.78 is 5.30. The van der Waals surface area contributed by atoms with Crippen LogP contribution in [0.1, 0.15) is 32.6 Å². The Morgan fingerprint density at radius 3 is 2.42 bits per heavy atom. The second-order valence-corrected chi connectivity index (χ2v) is 4.41. The van der Waals surface area contributed by atoms with Crippen molar-refractivity contribution in [1.29, 1.82) is 0 Å². The summed E-state index contributed by atoms with van der Waals surface area (Å²) in [5.74, 6) is 0.937. The molecular weight excluding hydrogens is 152 g/mol. The second-order valence-electron chi connectivity index (χ2n) is 4.41. The van der Waals surface area contributed by atoms with Gasteiger partial charge in [-0.2, -0.15) is 0 Å². The van der Waals surface area contributed by atoms with Crippen molar-refractivity contribution in [2.75, 3.05) is 13.2 Å². The van der Waals surface area contributed by atoms with Crippen molar-refractivity contribution < 1.29 is 9.84 Å². The zero-order valence-corrected chi connectivity index (χ0v) is 7.75. The molecule has 1 aliphatic carbocycles. The van der Waals surface area contributed by atoms with Gasteiger partial charge in [-0.25, -0.2) is 0 Å². The van der Waals surface area contributed by atoms with E-state index >= 15 is 0 Å². The highest BCUT2D eigenvalue weighted by Gasteiger charge is 2.43. The van der Waals surface area contributed by atoms with Gasteiger partial charge in [0.05, 0.1) is 12.2 Å². The maximum absolute atomic E-state index is 10.3. The van der Waals surface area contributed by atoms with Crippen LogP contribution in [0.5, 0.6) is 0 Å². The second kappa shape index (κ2) is 3.00. The highest BCUT2D eigenvalue weighted by atomic mass is 16.5. The maximum atomic E-state index is 10.3. The Kier molecular flexibility index (Phi) is 2.13. The summed E-state index contributed by atoms with van der Waals surface area (Å²) in [6.45, 7) is 3.60. The molecule has 1 aliphatic heterocycles. The fourth-order valence-corrected chi connectivity index (χ4v) is 2.32. The molecule has 0 bridgehead atoms. The van der Waals surface area contributed by atoms with Crippen molar-refractivity contribution in [3.05, 3.63) is 0 Å². The van der Waals surface area contributed by atoms with Gasteiger partial charge in [0.2, 0.25) is 0 Å². The molecule has 2 nitrogen and oxygen atoms in total. The van der Waals surface area contributed by atoms with Crippen LogP contribution in [0.15, 0.2) is 0 Å². The summed E-state index contributed by atoms with van der Waals surface area (Å²) in [6.07, 6.45) is 4.77. The quantitative estimate of drug-likeness (QED) is 0.681. The molecule has 2 aliphatic rings. The Morgan fingerprint density at radius 1 is 1.25 bits per heavy atom. The third-order valence-corrected chi connectivity index (χ3v) is 3.69. The van der Waals surface area contributed by atoms with E-state index in [0.29, 0.717) is 11.8 Å². The fraction of sp³-hybridized carbons (Fsp3) is 1.00. The molecule has 2 heteroatoms. The van der Waals surface area contributed by atoms with Gasteiger partial charge in [-0.05, 0) is 32.1 Å². The minimum atomic E-state index is -0.450. The van der Waals surface area contributed by atoms with Crippen LogP contribution in [0, 0.1) is 11.8 Å². The van der Waals surface area contributed by atoms with Crippen LogP contribution in [0.4, 0.5) is 0 Å². The third kappa shape index (κ3) is 1.27. The molecule has 1 N–H and O–H groups in total. The van der Waals surface area contributed by atoms with Crippen LogP contribution in [-0.4, -0.2) is 23.9 Å². The first-order valence-electron chi connectivity index (χ1n) is 5.01. The molecule has 1 saturated heterocycles. The summed E-state index contributed by atoms with van der Waals surface area (Å²) in [4.78, 5) is 0. The molecule has 0 aromatic heterocycles. The van der Waals surface area contributed by atoms with Crippen LogP contribution >= 0.6 is 0 Å². The van der Waals surface area contributed by atoms with Gasteiger partial charge in [0, 0.05) is 12.5 Å². The third-order valence-electron chi connectivity index (χ3n) is 3.69. The first-order chi connectivity index (χ1) is 5.71. The lowest BCUT2D eigenvalue weighted by Crippen LogP contribution is -2.45. The summed E-state index contributed by atoms with van der Waals surface area (Å²) in [6, 6.07) is 0. The highest BCUT2D eigenvalue weighted by Crippen LogP contribution is 2.42. The molecule has 12 heavy (non-hydrogen) atoms. The molecule has 0 amide bonds. The van der Waals surface area contributed by atoms with E-state index in [-0.39, 0.29) is 0 Å². The normalized spacial score (nSPS) is 36.0. The lowest BCUT2D eigenvalue weighted by molar-refractivity contribution is -0.0816. The topological polar surface area (TPSA) is 29.5 Å². The Labute approximate surface area is 73.9 Å². The van der Waals surface area contributed by atoms with Crippen LogP contribution in [-0.2, 0) is 4.74 Å². The van der Waals surface area contributed by atoms with E-state index in [2.05, 4.69) is 0 Å². The largest absolute Gasteiger partial charge is 0.390 e. The fourth-order valence-electron chi connectivity index (χ4n) is 2.32. The van der Waals surface area contributed by atoms with Crippen molar-refractivity contribution in [2.45, 2.75) is 38.2 Å². The monoisotopic (exact) mass is 170 g/mol. The lowest BCUT2D eigenvalue weighted by atomic mass is 9.68. The molecule has 0 radical (unpaired) electrons. The number of hydrogen-bond acceptors (Lipinski definition) is 2. The van der Waals surface area contributed by atoms with E-state index in [9.17, 15) is 5.11 Å². The van der Waals surface area contributed by atoms with Gasteiger partial charge in [0.1, 0.15) is 0 Å². The molecule has 70 valence electrons. The Morgan fingerprint density at radius 2 is 2.00 bits per heavy atom. The van der Waals surface area contributed by atoms with Gasteiger partial charge in [0.15, 0.2) is 0 Å². The summed E-state index contributed by atoms with van der Waals surface area (Å²) in [5.41, 5.74) is -0.450. The van der Waals surface area contributed by atoms with Crippen LogP contribution in [0.25, 0.3) is 0 Å². The first-order valence-corrected chi connectivity index (χ1v) is 5.01. The molecular formula is C10H18O2. The van der Waals surface area contributed by atoms with Crippen LogP contribution in [0.2, 0.25) is 0 Å². The molecule has 0 aromatic rings. The molecule has 1 heterocycles. The van der Waals surface area contributed by atoms with Crippen molar-refractivity contribution in [3.63, 3.8) is 0 Å². The standard InChI is InChI=1S/C10H18O2/c1-10(11,8-3-2-4-8)9-5-6-12-7-9/h8-9,11H,2-7H2,1H3. The van der Waals surface area contributed by atoms with E-state index in [0.717, 1.165) is 19.6 Å².